The first-order valence-corrected chi connectivity index (χ1v) is 6.88. The Balaban J connectivity index is 2.00. The van der Waals surface area contributed by atoms with Gasteiger partial charge in [-0.25, -0.2) is 9.18 Å². The Labute approximate surface area is 118 Å². The predicted octanol–water partition coefficient (Wildman–Crippen LogP) is 2.05. The number of piperidine rings is 1. The molecule has 0 saturated carbocycles. The Kier molecular flexibility index (Phi) is 4.73. The van der Waals surface area contributed by atoms with E-state index in [0.29, 0.717) is 18.2 Å². The molecular formula is C15H21FN2O2. The molecule has 2 rings (SSSR count). The molecule has 0 aromatic heterocycles. The molecule has 1 heterocycles. The van der Waals surface area contributed by atoms with E-state index in [1.807, 2.05) is 0 Å². The number of halogens is 1. The maximum absolute atomic E-state index is 13.8. The molecule has 1 fully saturated rings. The van der Waals surface area contributed by atoms with E-state index in [1.165, 1.54) is 18.2 Å². The van der Waals surface area contributed by atoms with Crippen molar-refractivity contribution < 1.29 is 14.3 Å². The quantitative estimate of drug-likeness (QED) is 0.916. The van der Waals surface area contributed by atoms with Crippen molar-refractivity contribution in [1.82, 2.24) is 9.80 Å². The van der Waals surface area contributed by atoms with E-state index in [2.05, 4.69) is 23.9 Å². The molecule has 0 unspecified atom stereocenters. The molecule has 1 N–H and O–H groups in total. The van der Waals surface area contributed by atoms with Gasteiger partial charge in [-0.05, 0) is 58.2 Å². The molecule has 1 saturated heterocycles. The summed E-state index contributed by atoms with van der Waals surface area (Å²) in [6, 6.07) is 4.57. The van der Waals surface area contributed by atoms with Crippen LogP contribution in [0.3, 0.4) is 0 Å². The fourth-order valence-corrected chi connectivity index (χ4v) is 2.66. The monoisotopic (exact) mass is 280 g/mol. The van der Waals surface area contributed by atoms with Crippen molar-refractivity contribution in [2.24, 2.45) is 0 Å². The van der Waals surface area contributed by atoms with Gasteiger partial charge < -0.3 is 10.0 Å². The fraction of sp³-hybridized carbons (Fsp3) is 0.533. The number of likely N-dealkylation sites (tertiary alicyclic amines) is 1. The maximum Gasteiger partial charge on any atom is 0.335 e. The summed E-state index contributed by atoms with van der Waals surface area (Å²) in [4.78, 5) is 15.3. The molecule has 0 spiro atoms. The smallest absolute Gasteiger partial charge is 0.335 e. The highest BCUT2D eigenvalue weighted by Crippen LogP contribution is 2.19. The lowest BCUT2D eigenvalue weighted by atomic mass is 10.0. The van der Waals surface area contributed by atoms with E-state index >= 15 is 0 Å². The highest BCUT2D eigenvalue weighted by atomic mass is 19.1. The zero-order valence-electron chi connectivity index (χ0n) is 12.0. The molecule has 0 bridgehead atoms. The lowest BCUT2D eigenvalue weighted by Gasteiger charge is -2.35. The largest absolute Gasteiger partial charge is 0.478 e. The van der Waals surface area contributed by atoms with Crippen LogP contribution < -0.4 is 0 Å². The van der Waals surface area contributed by atoms with Gasteiger partial charge in [0.25, 0.3) is 0 Å². The second kappa shape index (κ2) is 6.33. The summed E-state index contributed by atoms with van der Waals surface area (Å²) in [6.07, 6.45) is 2.13. The first-order chi connectivity index (χ1) is 9.47. The van der Waals surface area contributed by atoms with Crippen LogP contribution in [0.4, 0.5) is 4.39 Å². The Hall–Kier alpha value is -1.46. The molecular weight excluding hydrogens is 259 g/mol. The lowest BCUT2D eigenvalue weighted by molar-refractivity contribution is 0.0696. The Morgan fingerprint density at radius 1 is 1.40 bits per heavy atom. The molecule has 110 valence electrons. The number of carboxylic acid groups (broad SMARTS) is 1. The molecule has 1 aliphatic rings. The van der Waals surface area contributed by atoms with Gasteiger partial charge in [-0.15, -0.1) is 0 Å². The van der Waals surface area contributed by atoms with E-state index in [1.54, 1.807) is 0 Å². The summed E-state index contributed by atoms with van der Waals surface area (Å²) in [5.74, 6) is -1.35. The Bertz CT molecular complexity index is 483. The van der Waals surface area contributed by atoms with Crippen molar-refractivity contribution in [3.63, 3.8) is 0 Å². The van der Waals surface area contributed by atoms with Crippen LogP contribution in [0, 0.1) is 5.82 Å². The number of rotatable bonds is 4. The average molecular weight is 280 g/mol. The summed E-state index contributed by atoms with van der Waals surface area (Å²) in [6.45, 7) is 2.31. The van der Waals surface area contributed by atoms with Crippen LogP contribution in [0.25, 0.3) is 0 Å². The van der Waals surface area contributed by atoms with Gasteiger partial charge in [-0.1, -0.05) is 0 Å². The summed E-state index contributed by atoms with van der Waals surface area (Å²) in [7, 11) is 4.16. The van der Waals surface area contributed by atoms with Gasteiger partial charge in [-0.3, -0.25) is 4.90 Å². The second-order valence-corrected chi connectivity index (χ2v) is 5.58. The van der Waals surface area contributed by atoms with Crippen LogP contribution in [-0.2, 0) is 6.54 Å². The molecule has 1 aliphatic heterocycles. The normalized spacial score (nSPS) is 17.6. The first kappa shape index (κ1) is 14.9. The summed E-state index contributed by atoms with van der Waals surface area (Å²) in [5, 5.41) is 8.96. The minimum Gasteiger partial charge on any atom is -0.478 e. The fourth-order valence-electron chi connectivity index (χ4n) is 2.66. The molecule has 0 amide bonds. The number of hydrogen-bond donors (Lipinski definition) is 1. The van der Waals surface area contributed by atoms with Crippen molar-refractivity contribution in [2.75, 3.05) is 27.2 Å². The van der Waals surface area contributed by atoms with Crippen LogP contribution in [0.15, 0.2) is 18.2 Å². The number of carboxylic acids is 1. The highest BCUT2D eigenvalue weighted by molar-refractivity contribution is 5.87. The Morgan fingerprint density at radius 3 is 2.60 bits per heavy atom. The third-order valence-electron chi connectivity index (χ3n) is 3.97. The lowest BCUT2D eigenvalue weighted by Crippen LogP contribution is -2.41. The van der Waals surface area contributed by atoms with Gasteiger partial charge in [0, 0.05) is 18.2 Å². The highest BCUT2D eigenvalue weighted by Gasteiger charge is 2.21. The molecule has 5 heteroatoms. The van der Waals surface area contributed by atoms with Crippen LogP contribution in [0.5, 0.6) is 0 Å². The van der Waals surface area contributed by atoms with Crippen LogP contribution >= 0.6 is 0 Å². The second-order valence-electron chi connectivity index (χ2n) is 5.58. The van der Waals surface area contributed by atoms with Gasteiger partial charge in [0.05, 0.1) is 5.56 Å². The van der Waals surface area contributed by atoms with Crippen molar-refractivity contribution in [1.29, 1.82) is 0 Å². The zero-order chi connectivity index (χ0) is 14.7. The summed E-state index contributed by atoms with van der Waals surface area (Å²) in [5.41, 5.74) is 0.609. The third-order valence-corrected chi connectivity index (χ3v) is 3.97. The van der Waals surface area contributed by atoms with Gasteiger partial charge in [0.1, 0.15) is 5.82 Å². The van der Waals surface area contributed by atoms with E-state index in [4.69, 9.17) is 5.11 Å². The van der Waals surface area contributed by atoms with Gasteiger partial charge in [0.2, 0.25) is 0 Å². The molecule has 4 nitrogen and oxygen atoms in total. The van der Waals surface area contributed by atoms with Gasteiger partial charge in [0.15, 0.2) is 0 Å². The molecule has 1 aromatic carbocycles. The minimum absolute atomic E-state index is 0.143. The summed E-state index contributed by atoms with van der Waals surface area (Å²) >= 11 is 0. The van der Waals surface area contributed by atoms with Crippen LogP contribution in [0.1, 0.15) is 28.8 Å². The van der Waals surface area contributed by atoms with E-state index in [0.717, 1.165) is 25.9 Å². The van der Waals surface area contributed by atoms with Crippen molar-refractivity contribution in [3.8, 4) is 0 Å². The number of aromatic carboxylic acids is 1. The van der Waals surface area contributed by atoms with Crippen molar-refractivity contribution in [3.05, 3.63) is 35.1 Å². The average Bonchev–Trinajstić information content (AvgIpc) is 2.41. The molecule has 20 heavy (non-hydrogen) atoms. The van der Waals surface area contributed by atoms with E-state index in [9.17, 15) is 9.18 Å². The Morgan fingerprint density at radius 2 is 2.05 bits per heavy atom. The topological polar surface area (TPSA) is 43.8 Å². The number of hydrogen-bond acceptors (Lipinski definition) is 3. The molecule has 0 aliphatic carbocycles. The maximum atomic E-state index is 13.8. The minimum atomic E-state index is -1.02. The number of carbonyl (C=O) groups is 1. The predicted molar refractivity (Wildman–Crippen MR) is 75.3 cm³/mol. The molecule has 1 aromatic rings. The van der Waals surface area contributed by atoms with Gasteiger partial charge >= 0.3 is 5.97 Å². The van der Waals surface area contributed by atoms with E-state index in [-0.39, 0.29) is 11.4 Å². The first-order valence-electron chi connectivity index (χ1n) is 6.88. The van der Waals surface area contributed by atoms with Crippen molar-refractivity contribution >= 4 is 5.97 Å². The van der Waals surface area contributed by atoms with E-state index < -0.39 is 5.97 Å². The van der Waals surface area contributed by atoms with Crippen molar-refractivity contribution in [2.45, 2.75) is 25.4 Å². The van der Waals surface area contributed by atoms with Gasteiger partial charge in [-0.2, -0.15) is 0 Å². The van der Waals surface area contributed by atoms with Crippen LogP contribution in [-0.4, -0.2) is 54.1 Å². The zero-order valence-corrected chi connectivity index (χ0v) is 12.0. The molecule has 0 atom stereocenters. The number of benzene rings is 1. The summed E-state index contributed by atoms with van der Waals surface area (Å²) < 4.78 is 13.8. The van der Waals surface area contributed by atoms with Crippen LogP contribution in [0.2, 0.25) is 0 Å². The third kappa shape index (κ3) is 3.55. The standard InChI is InChI=1S/C15H21FN2O2/c1-17(2)13-5-7-18(8-6-13)10-12-9-11(15(19)20)3-4-14(12)16/h3-4,9,13H,5-8,10H2,1-2H3,(H,19,20). The SMILES string of the molecule is CN(C)C1CCN(Cc2cc(C(=O)O)ccc2F)CC1. The molecule has 0 radical (unpaired) electrons. The number of nitrogens with zero attached hydrogens (tertiary/aromatic N) is 2.